The highest BCUT2D eigenvalue weighted by Crippen LogP contribution is 2.31. The fourth-order valence-electron chi connectivity index (χ4n) is 4.42. The topological polar surface area (TPSA) is 50.9 Å². The van der Waals surface area contributed by atoms with Crippen LogP contribution in [0.25, 0.3) is 0 Å². The Hall–Kier alpha value is -2.44. The van der Waals surface area contributed by atoms with Crippen LogP contribution in [0.1, 0.15) is 25.7 Å². The van der Waals surface area contributed by atoms with Gasteiger partial charge in [-0.1, -0.05) is 11.6 Å². The van der Waals surface area contributed by atoms with E-state index < -0.39 is 0 Å². The summed E-state index contributed by atoms with van der Waals surface area (Å²) in [5.74, 6) is 0. The van der Waals surface area contributed by atoms with E-state index in [0.717, 1.165) is 37.6 Å². The number of hydrogen-bond donors (Lipinski definition) is 2. The third kappa shape index (κ3) is 5.43. The number of nitrogens with zero attached hydrogens (tertiary/aromatic N) is 3. The van der Waals surface area contributed by atoms with Crippen LogP contribution in [0.2, 0.25) is 5.02 Å². The number of carbonyl (C=O) groups is 1. The van der Waals surface area contributed by atoms with Crippen molar-refractivity contribution in [3.05, 3.63) is 47.5 Å². The van der Waals surface area contributed by atoms with Gasteiger partial charge >= 0.3 is 6.03 Å². The van der Waals surface area contributed by atoms with Crippen LogP contribution in [0.3, 0.4) is 0 Å². The molecule has 2 aliphatic rings. The number of amides is 2. The molecule has 0 aromatic heterocycles. The van der Waals surface area contributed by atoms with Crippen molar-refractivity contribution in [2.24, 2.45) is 0 Å². The monoisotopic (exact) mass is 441 g/mol. The Kier molecular flexibility index (Phi) is 6.88. The first-order valence-electron chi connectivity index (χ1n) is 11.1. The van der Waals surface area contributed by atoms with E-state index in [1.807, 2.05) is 30.3 Å². The molecule has 2 amide bonds. The first kappa shape index (κ1) is 21.8. The van der Waals surface area contributed by atoms with E-state index >= 15 is 0 Å². The molecule has 0 bridgehead atoms. The Morgan fingerprint density at radius 1 is 0.935 bits per heavy atom. The second-order valence-corrected chi connectivity index (χ2v) is 9.10. The van der Waals surface area contributed by atoms with E-state index in [1.54, 1.807) is 0 Å². The van der Waals surface area contributed by atoms with Gasteiger partial charge in [0.1, 0.15) is 0 Å². The molecule has 1 atom stereocenters. The number of nitrogens with one attached hydrogen (secondary N) is 2. The van der Waals surface area contributed by atoms with Gasteiger partial charge in [0.15, 0.2) is 0 Å². The van der Waals surface area contributed by atoms with Crippen LogP contribution in [0.15, 0.2) is 42.5 Å². The molecular weight excluding hydrogens is 410 g/mol. The Morgan fingerprint density at radius 3 is 2.26 bits per heavy atom. The maximum Gasteiger partial charge on any atom is 0.323 e. The lowest BCUT2D eigenvalue weighted by molar-refractivity contribution is 0.262. The van der Waals surface area contributed by atoms with E-state index in [2.05, 4.69) is 51.6 Å². The number of hydrogen-bond acceptors (Lipinski definition) is 4. The molecule has 0 saturated carbocycles. The SMILES string of the molecule is CN(C)C1CCN(c2ccc(NC(=O)Nc3ccc(N4CCCCC4)c(Cl)c3)cc2)C1. The molecule has 1 unspecified atom stereocenters. The van der Waals surface area contributed by atoms with Crippen molar-refractivity contribution in [1.82, 2.24) is 4.90 Å². The zero-order chi connectivity index (χ0) is 21.8. The van der Waals surface area contributed by atoms with Crippen molar-refractivity contribution in [3.8, 4) is 0 Å². The number of carbonyl (C=O) groups excluding carboxylic acids is 1. The maximum atomic E-state index is 12.4. The zero-order valence-electron chi connectivity index (χ0n) is 18.4. The van der Waals surface area contributed by atoms with Crippen LogP contribution in [0, 0.1) is 0 Å². The lowest BCUT2D eigenvalue weighted by atomic mass is 10.1. The fourth-order valence-corrected chi connectivity index (χ4v) is 4.72. The third-order valence-electron chi connectivity index (χ3n) is 6.29. The van der Waals surface area contributed by atoms with Gasteiger partial charge in [-0.05, 0) is 82.2 Å². The van der Waals surface area contributed by atoms with Crippen molar-refractivity contribution in [1.29, 1.82) is 0 Å². The fraction of sp³-hybridized carbons (Fsp3) is 0.458. The molecule has 0 aliphatic carbocycles. The lowest BCUT2D eigenvalue weighted by Gasteiger charge is -2.29. The second-order valence-electron chi connectivity index (χ2n) is 8.69. The molecule has 2 aliphatic heterocycles. The number of urea groups is 1. The van der Waals surface area contributed by atoms with E-state index in [1.165, 1.54) is 31.4 Å². The second kappa shape index (κ2) is 9.79. The van der Waals surface area contributed by atoms with Gasteiger partial charge in [-0.2, -0.15) is 0 Å². The molecule has 2 N–H and O–H groups in total. The van der Waals surface area contributed by atoms with Gasteiger partial charge in [0.2, 0.25) is 0 Å². The van der Waals surface area contributed by atoms with Crippen LogP contribution in [-0.2, 0) is 0 Å². The molecule has 31 heavy (non-hydrogen) atoms. The van der Waals surface area contributed by atoms with Crippen molar-refractivity contribution >= 4 is 40.4 Å². The predicted molar refractivity (Wildman–Crippen MR) is 131 cm³/mol. The van der Waals surface area contributed by atoms with E-state index in [-0.39, 0.29) is 6.03 Å². The predicted octanol–water partition coefficient (Wildman–Crippen LogP) is 5.11. The summed E-state index contributed by atoms with van der Waals surface area (Å²) in [5, 5.41) is 6.45. The molecule has 2 saturated heterocycles. The number of piperidine rings is 1. The van der Waals surface area contributed by atoms with Crippen LogP contribution >= 0.6 is 11.6 Å². The summed E-state index contributed by atoms with van der Waals surface area (Å²) in [6.45, 7) is 4.17. The summed E-state index contributed by atoms with van der Waals surface area (Å²) < 4.78 is 0. The standard InChI is InChI=1S/C24H32ClN5O/c1-28(2)21-12-15-30(17-21)20-9-6-18(7-10-20)26-24(31)27-19-8-11-23(22(25)16-19)29-13-4-3-5-14-29/h6-11,16,21H,3-5,12-15,17H2,1-2H3,(H2,26,27,31). The number of halogens is 1. The quantitative estimate of drug-likeness (QED) is 0.676. The third-order valence-corrected chi connectivity index (χ3v) is 6.59. The highest BCUT2D eigenvalue weighted by Gasteiger charge is 2.24. The molecule has 2 aromatic rings. The number of rotatable bonds is 5. The summed E-state index contributed by atoms with van der Waals surface area (Å²) in [6, 6.07) is 14.1. The molecule has 2 heterocycles. The Balaban J connectivity index is 1.32. The van der Waals surface area contributed by atoms with Crippen molar-refractivity contribution in [2.75, 3.05) is 60.7 Å². The highest BCUT2D eigenvalue weighted by atomic mass is 35.5. The minimum atomic E-state index is -0.275. The molecule has 0 spiro atoms. The number of likely N-dealkylation sites (N-methyl/N-ethyl adjacent to an activating group) is 1. The average Bonchev–Trinajstić information content (AvgIpc) is 3.26. The highest BCUT2D eigenvalue weighted by molar-refractivity contribution is 6.33. The van der Waals surface area contributed by atoms with Crippen LogP contribution < -0.4 is 20.4 Å². The first-order chi connectivity index (χ1) is 15.0. The lowest BCUT2D eigenvalue weighted by Crippen LogP contribution is -2.31. The normalized spacial score (nSPS) is 19.0. The van der Waals surface area contributed by atoms with Gasteiger partial charge in [-0.25, -0.2) is 4.79 Å². The van der Waals surface area contributed by atoms with Crippen LogP contribution in [0.5, 0.6) is 0 Å². The minimum absolute atomic E-state index is 0.275. The maximum absolute atomic E-state index is 12.4. The first-order valence-corrected chi connectivity index (χ1v) is 11.5. The van der Waals surface area contributed by atoms with E-state index in [4.69, 9.17) is 11.6 Å². The minimum Gasteiger partial charge on any atom is -0.370 e. The Labute approximate surface area is 190 Å². The molecule has 6 nitrogen and oxygen atoms in total. The van der Waals surface area contributed by atoms with E-state index in [9.17, 15) is 4.79 Å². The number of benzene rings is 2. The largest absolute Gasteiger partial charge is 0.370 e. The van der Waals surface area contributed by atoms with Crippen LogP contribution in [-0.4, -0.2) is 57.2 Å². The van der Waals surface area contributed by atoms with Crippen LogP contribution in [0.4, 0.5) is 27.5 Å². The summed E-state index contributed by atoms with van der Waals surface area (Å²) in [4.78, 5) is 19.4. The van der Waals surface area contributed by atoms with Crippen molar-refractivity contribution in [3.63, 3.8) is 0 Å². The summed E-state index contributed by atoms with van der Waals surface area (Å²) in [5.41, 5.74) is 3.68. The molecule has 7 heteroatoms. The molecule has 0 radical (unpaired) electrons. The van der Waals surface area contributed by atoms with Gasteiger partial charge < -0.3 is 25.3 Å². The Morgan fingerprint density at radius 2 is 1.61 bits per heavy atom. The van der Waals surface area contributed by atoms with Gasteiger partial charge in [-0.15, -0.1) is 0 Å². The summed E-state index contributed by atoms with van der Waals surface area (Å²) >= 11 is 6.49. The summed E-state index contributed by atoms with van der Waals surface area (Å²) in [6.07, 6.45) is 4.86. The zero-order valence-corrected chi connectivity index (χ0v) is 19.2. The van der Waals surface area contributed by atoms with E-state index in [0.29, 0.717) is 16.8 Å². The molecular formula is C24H32ClN5O. The summed E-state index contributed by atoms with van der Waals surface area (Å²) in [7, 11) is 4.27. The van der Waals surface area contributed by atoms with Crippen molar-refractivity contribution in [2.45, 2.75) is 31.7 Å². The average molecular weight is 442 g/mol. The van der Waals surface area contributed by atoms with Gasteiger partial charge in [-0.3, -0.25) is 0 Å². The molecule has 2 fully saturated rings. The van der Waals surface area contributed by atoms with Gasteiger partial charge in [0, 0.05) is 49.3 Å². The molecule has 4 rings (SSSR count). The number of anilines is 4. The molecule has 166 valence electrons. The van der Waals surface area contributed by atoms with Gasteiger partial charge in [0.05, 0.1) is 10.7 Å². The Bertz CT molecular complexity index is 895. The molecule has 2 aromatic carbocycles. The smallest absolute Gasteiger partial charge is 0.323 e. The van der Waals surface area contributed by atoms with Crippen molar-refractivity contribution < 1.29 is 4.79 Å². The van der Waals surface area contributed by atoms with Gasteiger partial charge in [0.25, 0.3) is 0 Å².